The van der Waals surface area contributed by atoms with E-state index in [4.69, 9.17) is 9.47 Å². The Bertz CT molecular complexity index is 306. The quantitative estimate of drug-likeness (QED) is 0.533. The summed E-state index contributed by atoms with van der Waals surface area (Å²) < 4.78 is 9.59. The van der Waals surface area contributed by atoms with Gasteiger partial charge in [-0.05, 0) is 24.3 Å². The largest absolute Gasteiger partial charge is 0.427 e. The number of carbonyl (C=O) groups is 2. The first kappa shape index (κ1) is 13.1. The second-order valence-electron chi connectivity index (χ2n) is 2.66. The first-order chi connectivity index (χ1) is 6.58. The normalized spacial score (nSPS) is 8.67. The summed E-state index contributed by atoms with van der Waals surface area (Å²) in [5.74, 6) is 0.0808. The number of rotatable bonds is 2. The van der Waals surface area contributed by atoms with Crippen molar-refractivity contribution in [2.45, 2.75) is 13.8 Å². The van der Waals surface area contributed by atoms with Crippen LogP contribution in [0.1, 0.15) is 13.8 Å². The van der Waals surface area contributed by atoms with Crippen molar-refractivity contribution in [2.75, 3.05) is 0 Å². The zero-order valence-corrected chi connectivity index (χ0v) is 8.44. The minimum Gasteiger partial charge on any atom is -0.427 e. The van der Waals surface area contributed by atoms with Crippen LogP contribution >= 0.6 is 0 Å². The van der Waals surface area contributed by atoms with Crippen molar-refractivity contribution in [3.05, 3.63) is 24.3 Å². The SMILES string of the molecule is CC(=O)Oc1ccc(OC(C)=O)cc1.O. The predicted octanol–water partition coefficient (Wildman–Crippen LogP) is 0.712. The van der Waals surface area contributed by atoms with Gasteiger partial charge in [-0.15, -0.1) is 0 Å². The predicted molar refractivity (Wildman–Crippen MR) is 52.7 cm³/mol. The maximum Gasteiger partial charge on any atom is 0.308 e. The van der Waals surface area contributed by atoms with E-state index in [0.29, 0.717) is 11.5 Å². The van der Waals surface area contributed by atoms with Crippen molar-refractivity contribution < 1.29 is 24.5 Å². The average molecular weight is 212 g/mol. The number of ether oxygens (including phenoxy) is 2. The van der Waals surface area contributed by atoms with Gasteiger partial charge in [0.15, 0.2) is 0 Å². The van der Waals surface area contributed by atoms with Crippen molar-refractivity contribution >= 4 is 11.9 Å². The third kappa shape index (κ3) is 4.78. The Labute approximate surface area is 86.9 Å². The van der Waals surface area contributed by atoms with E-state index in [0.717, 1.165) is 0 Å². The molecule has 0 aromatic heterocycles. The van der Waals surface area contributed by atoms with E-state index in [-0.39, 0.29) is 17.4 Å². The zero-order chi connectivity index (χ0) is 10.6. The second kappa shape index (κ2) is 5.77. The molecule has 0 atom stereocenters. The third-order valence-corrected chi connectivity index (χ3v) is 1.35. The maximum absolute atomic E-state index is 10.6. The Morgan fingerprint density at radius 1 is 0.867 bits per heavy atom. The van der Waals surface area contributed by atoms with Crippen molar-refractivity contribution in [1.29, 1.82) is 0 Å². The Balaban J connectivity index is 0.00000196. The lowest BCUT2D eigenvalue weighted by molar-refractivity contribution is -0.133. The van der Waals surface area contributed by atoms with Crippen LogP contribution in [0.2, 0.25) is 0 Å². The fourth-order valence-corrected chi connectivity index (χ4v) is 0.908. The zero-order valence-electron chi connectivity index (χ0n) is 8.44. The van der Waals surface area contributed by atoms with Crippen LogP contribution in [0, 0.1) is 0 Å². The highest BCUT2D eigenvalue weighted by molar-refractivity contribution is 5.70. The first-order valence-corrected chi connectivity index (χ1v) is 4.05. The maximum atomic E-state index is 10.6. The molecule has 0 heterocycles. The molecule has 0 aliphatic rings. The van der Waals surface area contributed by atoms with Crippen LogP contribution in [0.25, 0.3) is 0 Å². The molecule has 5 nitrogen and oxygen atoms in total. The third-order valence-electron chi connectivity index (χ3n) is 1.35. The van der Waals surface area contributed by atoms with Gasteiger partial charge in [0.2, 0.25) is 0 Å². The van der Waals surface area contributed by atoms with Crippen LogP contribution in [0.3, 0.4) is 0 Å². The molecule has 15 heavy (non-hydrogen) atoms. The minimum absolute atomic E-state index is 0. The number of hydrogen-bond acceptors (Lipinski definition) is 4. The number of carbonyl (C=O) groups excluding carboxylic acids is 2. The minimum atomic E-state index is -0.384. The van der Waals surface area contributed by atoms with Crippen LogP contribution in [-0.2, 0) is 9.59 Å². The van der Waals surface area contributed by atoms with Crippen molar-refractivity contribution in [2.24, 2.45) is 0 Å². The van der Waals surface area contributed by atoms with E-state index in [1.807, 2.05) is 0 Å². The summed E-state index contributed by atoms with van der Waals surface area (Å²) in [7, 11) is 0. The van der Waals surface area contributed by atoms with Gasteiger partial charge in [-0.25, -0.2) is 0 Å². The van der Waals surface area contributed by atoms with Crippen LogP contribution in [-0.4, -0.2) is 17.4 Å². The van der Waals surface area contributed by atoms with Gasteiger partial charge in [0.25, 0.3) is 0 Å². The van der Waals surface area contributed by atoms with Gasteiger partial charge in [-0.3, -0.25) is 9.59 Å². The van der Waals surface area contributed by atoms with Crippen molar-refractivity contribution in [3.8, 4) is 11.5 Å². The highest BCUT2D eigenvalue weighted by Crippen LogP contribution is 2.17. The van der Waals surface area contributed by atoms with Gasteiger partial charge < -0.3 is 14.9 Å². The fourth-order valence-electron chi connectivity index (χ4n) is 0.908. The van der Waals surface area contributed by atoms with E-state index < -0.39 is 0 Å². The molecule has 0 fully saturated rings. The molecular formula is C10H12O5. The summed E-state index contributed by atoms with van der Waals surface area (Å²) in [6.45, 7) is 2.64. The molecule has 0 aliphatic carbocycles. The summed E-state index contributed by atoms with van der Waals surface area (Å²) in [6, 6.07) is 6.22. The van der Waals surface area contributed by atoms with Gasteiger partial charge in [0.05, 0.1) is 0 Å². The van der Waals surface area contributed by atoms with E-state index >= 15 is 0 Å². The van der Waals surface area contributed by atoms with E-state index in [1.165, 1.54) is 13.8 Å². The molecule has 0 spiro atoms. The number of esters is 2. The van der Waals surface area contributed by atoms with Crippen LogP contribution < -0.4 is 9.47 Å². The van der Waals surface area contributed by atoms with E-state index in [1.54, 1.807) is 24.3 Å². The summed E-state index contributed by atoms with van der Waals surface area (Å²) in [6.07, 6.45) is 0. The topological polar surface area (TPSA) is 84.1 Å². The molecular weight excluding hydrogens is 200 g/mol. The second-order valence-corrected chi connectivity index (χ2v) is 2.66. The first-order valence-electron chi connectivity index (χ1n) is 4.05. The lowest BCUT2D eigenvalue weighted by Crippen LogP contribution is -2.03. The van der Waals surface area contributed by atoms with Gasteiger partial charge in [-0.2, -0.15) is 0 Å². The summed E-state index contributed by atoms with van der Waals surface area (Å²) in [5.41, 5.74) is 0. The summed E-state index contributed by atoms with van der Waals surface area (Å²) in [5, 5.41) is 0. The molecule has 0 radical (unpaired) electrons. The summed E-state index contributed by atoms with van der Waals surface area (Å²) >= 11 is 0. The molecule has 2 N–H and O–H groups in total. The van der Waals surface area contributed by atoms with Gasteiger partial charge in [0, 0.05) is 13.8 Å². The molecule has 0 saturated heterocycles. The summed E-state index contributed by atoms with van der Waals surface area (Å²) in [4.78, 5) is 21.1. The van der Waals surface area contributed by atoms with Crippen LogP contribution in [0.4, 0.5) is 0 Å². The molecule has 5 heteroatoms. The molecule has 1 aromatic carbocycles. The van der Waals surface area contributed by atoms with E-state index in [9.17, 15) is 9.59 Å². The standard InChI is InChI=1S/C10H10O4.H2O/c1-7(11)13-9-3-5-10(6-4-9)14-8(2)12;/h3-6H,1-2H3;1H2. The Kier molecular flexibility index (Phi) is 5.04. The lowest BCUT2D eigenvalue weighted by atomic mass is 10.3. The Morgan fingerprint density at radius 3 is 1.33 bits per heavy atom. The lowest BCUT2D eigenvalue weighted by Gasteiger charge is -2.03. The number of hydrogen-bond donors (Lipinski definition) is 0. The molecule has 0 saturated carbocycles. The molecule has 0 unspecified atom stereocenters. The van der Waals surface area contributed by atoms with Gasteiger partial charge >= 0.3 is 11.9 Å². The van der Waals surface area contributed by atoms with Gasteiger partial charge in [-0.1, -0.05) is 0 Å². The molecule has 0 aliphatic heterocycles. The van der Waals surface area contributed by atoms with Crippen molar-refractivity contribution in [1.82, 2.24) is 0 Å². The fraction of sp³-hybridized carbons (Fsp3) is 0.200. The Morgan fingerprint density at radius 2 is 1.13 bits per heavy atom. The van der Waals surface area contributed by atoms with Crippen molar-refractivity contribution in [3.63, 3.8) is 0 Å². The monoisotopic (exact) mass is 212 g/mol. The Hall–Kier alpha value is -1.88. The number of benzene rings is 1. The van der Waals surface area contributed by atoms with Crippen LogP contribution in [0.5, 0.6) is 11.5 Å². The van der Waals surface area contributed by atoms with Gasteiger partial charge in [0.1, 0.15) is 11.5 Å². The molecule has 0 amide bonds. The van der Waals surface area contributed by atoms with E-state index in [2.05, 4.69) is 0 Å². The molecule has 0 bridgehead atoms. The smallest absolute Gasteiger partial charge is 0.308 e. The molecule has 1 aromatic rings. The highest BCUT2D eigenvalue weighted by Gasteiger charge is 2.00. The molecule has 82 valence electrons. The highest BCUT2D eigenvalue weighted by atomic mass is 16.5. The average Bonchev–Trinajstić information content (AvgIpc) is 2.06. The van der Waals surface area contributed by atoms with Crippen LogP contribution in [0.15, 0.2) is 24.3 Å². The molecule has 1 rings (SSSR count).